The van der Waals surface area contributed by atoms with Crippen LogP contribution in [0.25, 0.3) is 0 Å². The van der Waals surface area contributed by atoms with E-state index in [-0.39, 0.29) is 69.3 Å². The van der Waals surface area contributed by atoms with Gasteiger partial charge in [0, 0.05) is 16.2 Å². The number of Topliss-reactive ketones (excluding diaryl/α,β-unsaturated/α-hetero) is 6. The zero-order valence-corrected chi connectivity index (χ0v) is 32.9. The molecule has 0 unspecified atom stereocenters. The third kappa shape index (κ3) is 16.9. The summed E-state index contributed by atoms with van der Waals surface area (Å²) < 4.78 is 0. The molecule has 0 rings (SSSR count). The molecule has 0 saturated carbocycles. The number of hydrogen-bond donors (Lipinski definition) is 0. The Labute approximate surface area is 298 Å². The summed E-state index contributed by atoms with van der Waals surface area (Å²) in [4.78, 5) is 101. The predicted octanol–water partition coefficient (Wildman–Crippen LogP) is 1.01. The molecule has 0 atom stereocenters. The first-order valence-corrected chi connectivity index (χ1v) is 14.3. The molecule has 0 N–H and O–H groups in total. The molecule has 0 fully saturated rings. The van der Waals surface area contributed by atoms with Crippen molar-refractivity contribution in [1.29, 1.82) is 0 Å². The number of carboxylic acids is 3. The maximum atomic E-state index is 11.5. The van der Waals surface area contributed by atoms with Crippen molar-refractivity contribution in [2.75, 3.05) is 0 Å². The summed E-state index contributed by atoms with van der Waals surface area (Å²) in [6.45, 7) is 22.7. The van der Waals surface area contributed by atoms with E-state index in [9.17, 15) is 58.5 Å². The largest absolute Gasteiger partial charge is 3.00 e. The Kier molecular flexibility index (Phi) is 19.9. The Morgan fingerprint density at radius 1 is 0.326 bits per heavy atom. The Balaban J connectivity index is -0.000000285. The van der Waals surface area contributed by atoms with Crippen LogP contribution in [0, 0.1) is 32.5 Å². The van der Waals surface area contributed by atoms with Crippen LogP contribution in [0.2, 0.25) is 0 Å². The van der Waals surface area contributed by atoms with Gasteiger partial charge >= 0.3 is 32.7 Å². The van der Waals surface area contributed by atoms with Crippen LogP contribution in [0.1, 0.15) is 123 Å². The quantitative estimate of drug-likeness (QED) is 0.257. The molecule has 0 aromatic heterocycles. The molecular weight excluding hydrogens is 677 g/mol. The Morgan fingerprint density at radius 3 is 0.543 bits per heavy atom. The van der Waals surface area contributed by atoms with Crippen molar-refractivity contribution < 1.29 is 91.2 Å². The van der Waals surface area contributed by atoms with E-state index in [1.165, 1.54) is 41.5 Å². The van der Waals surface area contributed by atoms with Crippen LogP contribution in [-0.4, -0.2) is 52.6 Å². The Bertz CT molecular complexity index is 1040. The second-order valence-corrected chi connectivity index (χ2v) is 15.6. The molecule has 0 amide bonds. The van der Waals surface area contributed by atoms with Crippen LogP contribution in [0.3, 0.4) is 0 Å². The predicted molar refractivity (Wildman–Crippen MR) is 159 cm³/mol. The van der Waals surface area contributed by atoms with Gasteiger partial charge in [0.15, 0.2) is 17.3 Å². The first-order valence-electron chi connectivity index (χ1n) is 14.3. The first-order chi connectivity index (χ1) is 19.5. The minimum absolute atomic E-state index is 0. The van der Waals surface area contributed by atoms with Crippen molar-refractivity contribution in [3.63, 3.8) is 0 Å². The van der Waals surface area contributed by atoms with E-state index < -0.39 is 67.7 Å². The first kappa shape index (κ1) is 50.4. The van der Waals surface area contributed by atoms with E-state index in [1.54, 1.807) is 62.3 Å². The van der Waals surface area contributed by atoms with Gasteiger partial charge in [0.05, 0.1) is 53.4 Å². The van der Waals surface area contributed by atoms with Gasteiger partial charge in [0.1, 0.15) is 17.3 Å². The fraction of sp³-hybridized carbons (Fsp3) is 0.727. The monoisotopic (exact) mass is 728 g/mol. The summed E-state index contributed by atoms with van der Waals surface area (Å²) in [5.74, 6) is -6.96. The molecule has 0 aromatic carbocycles. The number of rotatable bonds is 12. The molecule has 0 aromatic rings. The van der Waals surface area contributed by atoms with E-state index in [1.807, 2.05) is 0 Å². The minimum atomic E-state index is -1.60. The van der Waals surface area contributed by atoms with Crippen LogP contribution < -0.4 is 15.3 Å². The number of carbonyl (C=O) groups excluding carboxylic acids is 9. The molecule has 0 aliphatic carbocycles. The van der Waals surface area contributed by atoms with Crippen LogP contribution >= 0.6 is 0 Å². The topological polar surface area (TPSA) is 223 Å². The molecule has 12 nitrogen and oxygen atoms in total. The molecular formula is C33H51O12Y. The molecule has 0 aliphatic rings. The fourth-order valence-electron chi connectivity index (χ4n) is 2.24. The van der Waals surface area contributed by atoms with Crippen LogP contribution in [-0.2, 0) is 75.9 Å². The fourth-order valence-corrected chi connectivity index (χ4v) is 2.24. The molecule has 0 bridgehead atoms. The third-order valence-corrected chi connectivity index (χ3v) is 7.10. The van der Waals surface area contributed by atoms with Crippen molar-refractivity contribution in [3.8, 4) is 0 Å². The molecule has 0 spiro atoms. The summed E-state index contributed by atoms with van der Waals surface area (Å²) in [5, 5.41) is 32.0. The second kappa shape index (κ2) is 18.2. The summed E-state index contributed by atoms with van der Waals surface area (Å²) in [7, 11) is 0. The van der Waals surface area contributed by atoms with Crippen molar-refractivity contribution in [2.45, 2.75) is 123 Å². The van der Waals surface area contributed by atoms with E-state index in [4.69, 9.17) is 0 Å². The number of aliphatic carboxylic acids is 3. The number of hydrogen-bond acceptors (Lipinski definition) is 12. The standard InChI is InChI=1S/3C11H18O4.Y/c3*1-10(2,3)7(12)6-8(13)11(4,5)9(14)15;/h3*6H2,1-5H3,(H,14,15);/q;;;+3/p-3. The zero-order chi connectivity index (χ0) is 37.3. The summed E-state index contributed by atoms with van der Waals surface area (Å²) >= 11 is 0. The summed E-state index contributed by atoms with van der Waals surface area (Å²) in [6, 6.07) is 0. The van der Waals surface area contributed by atoms with Gasteiger partial charge in [-0.1, -0.05) is 62.3 Å². The van der Waals surface area contributed by atoms with Crippen molar-refractivity contribution >= 4 is 52.6 Å². The van der Waals surface area contributed by atoms with Gasteiger partial charge in [-0.15, -0.1) is 0 Å². The average molecular weight is 729 g/mol. The van der Waals surface area contributed by atoms with E-state index in [0.29, 0.717) is 0 Å². The molecule has 0 heterocycles. The van der Waals surface area contributed by atoms with Crippen LogP contribution in [0.4, 0.5) is 0 Å². The second-order valence-electron chi connectivity index (χ2n) is 15.6. The van der Waals surface area contributed by atoms with Crippen molar-refractivity contribution in [3.05, 3.63) is 0 Å². The SMILES string of the molecule is CC(C)(C)C(=O)CC(=O)C(C)(C)C(=O)[O-].CC(C)(C)C(=O)CC(=O)C(C)(C)C(=O)[O-].CC(C)(C)C(=O)CC(=O)C(C)(C)C(=O)[O-].[Y+3]. The number of carbonyl (C=O) groups is 9. The van der Waals surface area contributed by atoms with Gasteiger partial charge in [0.25, 0.3) is 0 Å². The average Bonchev–Trinajstić information content (AvgIpc) is 2.82. The maximum Gasteiger partial charge on any atom is 3.00 e. The van der Waals surface area contributed by atoms with E-state index >= 15 is 0 Å². The smallest absolute Gasteiger partial charge is 0.549 e. The Morgan fingerprint density at radius 2 is 0.457 bits per heavy atom. The number of ketones is 6. The molecule has 0 saturated heterocycles. The molecule has 258 valence electrons. The van der Waals surface area contributed by atoms with Gasteiger partial charge in [0.2, 0.25) is 0 Å². The van der Waals surface area contributed by atoms with Gasteiger partial charge in [-0.05, 0) is 41.5 Å². The maximum absolute atomic E-state index is 11.5. The third-order valence-electron chi connectivity index (χ3n) is 7.10. The molecule has 13 heteroatoms. The van der Waals surface area contributed by atoms with E-state index in [2.05, 4.69) is 0 Å². The van der Waals surface area contributed by atoms with Gasteiger partial charge in [-0.25, -0.2) is 0 Å². The number of carboxylic acid groups (broad SMARTS) is 3. The van der Waals surface area contributed by atoms with Gasteiger partial charge in [-0.2, -0.15) is 0 Å². The summed E-state index contributed by atoms with van der Waals surface area (Å²) in [6.07, 6.45) is -1.07. The van der Waals surface area contributed by atoms with E-state index in [0.717, 1.165) is 0 Å². The van der Waals surface area contributed by atoms with Crippen molar-refractivity contribution in [2.24, 2.45) is 32.5 Å². The van der Waals surface area contributed by atoms with Gasteiger partial charge in [-0.3, -0.25) is 28.8 Å². The molecule has 46 heavy (non-hydrogen) atoms. The minimum Gasteiger partial charge on any atom is -0.549 e. The molecule has 0 radical (unpaired) electrons. The van der Waals surface area contributed by atoms with Crippen LogP contribution in [0.5, 0.6) is 0 Å². The van der Waals surface area contributed by atoms with Crippen LogP contribution in [0.15, 0.2) is 0 Å². The zero-order valence-electron chi connectivity index (χ0n) is 30.1. The van der Waals surface area contributed by atoms with Gasteiger partial charge < -0.3 is 29.7 Å². The van der Waals surface area contributed by atoms with Crippen molar-refractivity contribution in [1.82, 2.24) is 0 Å². The Hall–Kier alpha value is -2.47. The normalized spacial score (nSPS) is 12.1. The summed E-state index contributed by atoms with van der Waals surface area (Å²) in [5.41, 5.74) is -6.67. The molecule has 0 aliphatic heterocycles.